The molecule has 0 bridgehead atoms. The fraction of sp³-hybridized carbons (Fsp3) is 1.00. The molecule has 0 aliphatic heterocycles. The molecule has 0 spiro atoms. The summed E-state index contributed by atoms with van der Waals surface area (Å²) in [4.78, 5) is 0. The maximum absolute atomic E-state index is 2.38. The van der Waals surface area contributed by atoms with Gasteiger partial charge in [-0.3, -0.25) is 0 Å². The summed E-state index contributed by atoms with van der Waals surface area (Å²) in [5.74, 6) is 0.870. The summed E-state index contributed by atoms with van der Waals surface area (Å²) >= 11 is 0. The molecular formula is C12H26. The van der Waals surface area contributed by atoms with Gasteiger partial charge in [0.1, 0.15) is 0 Å². The zero-order chi connectivity index (χ0) is 9.61. The molecule has 1 atom stereocenters. The molecule has 0 saturated heterocycles. The molecule has 0 aliphatic carbocycles. The maximum atomic E-state index is 2.38. The van der Waals surface area contributed by atoms with Gasteiger partial charge >= 0.3 is 0 Å². The van der Waals surface area contributed by atoms with Crippen LogP contribution in [0.4, 0.5) is 0 Å². The van der Waals surface area contributed by atoms with E-state index in [1.165, 1.54) is 32.1 Å². The molecule has 0 fully saturated rings. The standard InChI is InChI=1S/C12H26/c1-6-7-8-9-10-11(2)12(3,4)5/h11H,6-10H2,1-5H3/t11-/m1/s1. The molecule has 0 aromatic heterocycles. The Balaban J connectivity index is 3.38. The van der Waals surface area contributed by atoms with Crippen molar-refractivity contribution in [2.45, 2.75) is 66.7 Å². The van der Waals surface area contributed by atoms with Gasteiger partial charge in [0.15, 0.2) is 0 Å². The second kappa shape index (κ2) is 5.61. The third-order valence-electron chi connectivity index (χ3n) is 2.97. The van der Waals surface area contributed by atoms with E-state index in [2.05, 4.69) is 34.6 Å². The first-order valence-corrected chi connectivity index (χ1v) is 5.48. The van der Waals surface area contributed by atoms with Crippen molar-refractivity contribution in [2.75, 3.05) is 0 Å². The van der Waals surface area contributed by atoms with E-state index in [4.69, 9.17) is 0 Å². The van der Waals surface area contributed by atoms with E-state index in [1.807, 2.05) is 0 Å². The summed E-state index contributed by atoms with van der Waals surface area (Å²) < 4.78 is 0. The van der Waals surface area contributed by atoms with Crippen LogP contribution in [0.1, 0.15) is 66.7 Å². The van der Waals surface area contributed by atoms with Crippen molar-refractivity contribution < 1.29 is 0 Å². The highest BCUT2D eigenvalue weighted by molar-refractivity contribution is 4.69. The molecule has 74 valence electrons. The fourth-order valence-corrected chi connectivity index (χ4v) is 1.31. The highest BCUT2D eigenvalue weighted by Gasteiger charge is 2.18. The van der Waals surface area contributed by atoms with Crippen LogP contribution in [0, 0.1) is 11.3 Å². The molecule has 0 amide bonds. The average Bonchev–Trinajstić information content (AvgIpc) is 1.96. The van der Waals surface area contributed by atoms with Crippen LogP contribution in [0.3, 0.4) is 0 Å². The minimum atomic E-state index is 0.506. The van der Waals surface area contributed by atoms with Crippen molar-refractivity contribution in [1.29, 1.82) is 0 Å². The first-order chi connectivity index (χ1) is 5.48. The normalized spacial score (nSPS) is 14.8. The summed E-state index contributed by atoms with van der Waals surface area (Å²) in [6.07, 6.45) is 7.02. The van der Waals surface area contributed by atoms with E-state index < -0.39 is 0 Å². The van der Waals surface area contributed by atoms with Gasteiger partial charge in [-0.05, 0) is 11.3 Å². The lowest BCUT2D eigenvalue weighted by Crippen LogP contribution is -2.16. The van der Waals surface area contributed by atoms with Gasteiger partial charge in [0, 0.05) is 0 Å². The summed E-state index contributed by atoms with van der Waals surface area (Å²) in [6, 6.07) is 0. The van der Waals surface area contributed by atoms with Crippen molar-refractivity contribution in [3.8, 4) is 0 Å². The first-order valence-electron chi connectivity index (χ1n) is 5.48. The van der Waals surface area contributed by atoms with Crippen molar-refractivity contribution >= 4 is 0 Å². The van der Waals surface area contributed by atoms with Gasteiger partial charge in [0.2, 0.25) is 0 Å². The Morgan fingerprint density at radius 2 is 1.58 bits per heavy atom. The number of rotatable bonds is 5. The van der Waals surface area contributed by atoms with Crippen LogP contribution in [0.5, 0.6) is 0 Å². The molecule has 0 saturated carbocycles. The molecule has 0 radical (unpaired) electrons. The molecule has 0 heteroatoms. The smallest absolute Gasteiger partial charge is 0.0357 e. The van der Waals surface area contributed by atoms with Crippen molar-refractivity contribution in [3.05, 3.63) is 0 Å². The minimum absolute atomic E-state index is 0.506. The average molecular weight is 170 g/mol. The van der Waals surface area contributed by atoms with Crippen LogP contribution in [-0.4, -0.2) is 0 Å². The summed E-state index contributed by atoms with van der Waals surface area (Å²) in [5.41, 5.74) is 0.506. The van der Waals surface area contributed by atoms with Gasteiger partial charge in [-0.15, -0.1) is 0 Å². The molecular weight excluding hydrogens is 144 g/mol. The molecule has 0 nitrogen and oxygen atoms in total. The zero-order valence-electron chi connectivity index (χ0n) is 9.61. The molecule has 0 rings (SSSR count). The van der Waals surface area contributed by atoms with Crippen molar-refractivity contribution in [1.82, 2.24) is 0 Å². The van der Waals surface area contributed by atoms with Crippen LogP contribution in [0.2, 0.25) is 0 Å². The van der Waals surface area contributed by atoms with E-state index in [9.17, 15) is 0 Å². The van der Waals surface area contributed by atoms with Crippen molar-refractivity contribution in [2.24, 2.45) is 11.3 Å². The van der Waals surface area contributed by atoms with E-state index in [1.54, 1.807) is 0 Å². The summed E-state index contributed by atoms with van der Waals surface area (Å²) in [6.45, 7) is 11.7. The highest BCUT2D eigenvalue weighted by atomic mass is 14.2. The number of unbranched alkanes of at least 4 members (excludes halogenated alkanes) is 3. The Kier molecular flexibility index (Phi) is 5.61. The third-order valence-corrected chi connectivity index (χ3v) is 2.97. The van der Waals surface area contributed by atoms with Crippen LogP contribution in [0.25, 0.3) is 0 Å². The Morgan fingerprint density at radius 1 is 1.00 bits per heavy atom. The van der Waals surface area contributed by atoms with Crippen LogP contribution in [0.15, 0.2) is 0 Å². The number of hydrogen-bond acceptors (Lipinski definition) is 0. The van der Waals surface area contributed by atoms with Gasteiger partial charge in [0.05, 0.1) is 0 Å². The second-order valence-electron chi connectivity index (χ2n) is 5.12. The zero-order valence-corrected chi connectivity index (χ0v) is 9.61. The van der Waals surface area contributed by atoms with Gasteiger partial charge in [0.25, 0.3) is 0 Å². The maximum Gasteiger partial charge on any atom is -0.0357 e. The molecule has 0 aromatic rings. The van der Waals surface area contributed by atoms with Gasteiger partial charge in [-0.1, -0.05) is 66.7 Å². The molecule has 0 heterocycles. The quantitative estimate of drug-likeness (QED) is 0.527. The lowest BCUT2D eigenvalue weighted by Gasteiger charge is -2.27. The third kappa shape index (κ3) is 5.62. The highest BCUT2D eigenvalue weighted by Crippen LogP contribution is 2.29. The van der Waals surface area contributed by atoms with Crippen LogP contribution < -0.4 is 0 Å². The summed E-state index contributed by atoms with van der Waals surface area (Å²) in [5, 5.41) is 0. The second-order valence-corrected chi connectivity index (χ2v) is 5.12. The lowest BCUT2D eigenvalue weighted by atomic mass is 9.79. The van der Waals surface area contributed by atoms with E-state index in [0.717, 1.165) is 5.92 Å². The Bertz CT molecular complexity index is 97.1. The van der Waals surface area contributed by atoms with E-state index >= 15 is 0 Å². The van der Waals surface area contributed by atoms with Gasteiger partial charge < -0.3 is 0 Å². The van der Waals surface area contributed by atoms with Gasteiger partial charge in [-0.2, -0.15) is 0 Å². The molecule has 0 aliphatic rings. The Morgan fingerprint density at radius 3 is 2.00 bits per heavy atom. The van der Waals surface area contributed by atoms with Crippen LogP contribution in [-0.2, 0) is 0 Å². The van der Waals surface area contributed by atoms with Crippen molar-refractivity contribution in [3.63, 3.8) is 0 Å². The lowest BCUT2D eigenvalue weighted by molar-refractivity contribution is 0.241. The summed E-state index contributed by atoms with van der Waals surface area (Å²) in [7, 11) is 0. The molecule has 12 heavy (non-hydrogen) atoms. The largest absolute Gasteiger partial charge is 0.0654 e. The minimum Gasteiger partial charge on any atom is -0.0654 e. The molecule has 0 aromatic carbocycles. The molecule has 0 unspecified atom stereocenters. The van der Waals surface area contributed by atoms with E-state index in [-0.39, 0.29) is 0 Å². The Hall–Kier alpha value is 0. The predicted octanol–water partition coefficient (Wildman–Crippen LogP) is 4.64. The Labute approximate surface area is 78.8 Å². The molecule has 0 N–H and O–H groups in total. The number of hydrogen-bond donors (Lipinski definition) is 0. The monoisotopic (exact) mass is 170 g/mol. The van der Waals surface area contributed by atoms with Gasteiger partial charge in [-0.25, -0.2) is 0 Å². The first kappa shape index (κ1) is 12.0. The van der Waals surface area contributed by atoms with Crippen LogP contribution >= 0.6 is 0 Å². The topological polar surface area (TPSA) is 0 Å². The SMILES string of the molecule is CCCCCC[C@@H](C)C(C)(C)C. The van der Waals surface area contributed by atoms with E-state index in [0.29, 0.717) is 5.41 Å². The fourth-order valence-electron chi connectivity index (χ4n) is 1.31. The predicted molar refractivity (Wildman–Crippen MR) is 57.4 cm³/mol.